The van der Waals surface area contributed by atoms with Gasteiger partial charge in [0.15, 0.2) is 0 Å². The smallest absolute Gasteiger partial charge is 0.333 e. The molecule has 5 rings (SSSR count). The van der Waals surface area contributed by atoms with Crippen molar-refractivity contribution in [2.75, 3.05) is 65.4 Å². The van der Waals surface area contributed by atoms with E-state index in [1.165, 1.54) is 21.1 Å². The largest absolute Gasteiger partial charge is 0.497 e. The molecule has 0 aromatic heterocycles. The molecule has 2 saturated heterocycles. The van der Waals surface area contributed by atoms with Crippen LogP contribution < -0.4 is 9.64 Å². The summed E-state index contributed by atoms with van der Waals surface area (Å²) >= 11 is 0. The van der Waals surface area contributed by atoms with Crippen molar-refractivity contribution in [2.45, 2.75) is 12.5 Å². The van der Waals surface area contributed by atoms with Crippen LogP contribution in [0, 0.1) is 0 Å². The number of hydrogen-bond acceptors (Lipinski definition) is 6. The lowest BCUT2D eigenvalue weighted by molar-refractivity contribution is -0.535. The van der Waals surface area contributed by atoms with E-state index in [0.717, 1.165) is 44.2 Å². The van der Waals surface area contributed by atoms with Crippen molar-refractivity contribution in [1.82, 2.24) is 14.7 Å². The van der Waals surface area contributed by atoms with Crippen molar-refractivity contribution < 1.29 is 18.9 Å². The third-order valence-electron chi connectivity index (χ3n) is 7.27. The Hall–Kier alpha value is -3.72. The third-order valence-corrected chi connectivity index (χ3v) is 7.27. The molecule has 1 atom stereocenters. The molecule has 3 aliphatic heterocycles. The minimum absolute atomic E-state index is 0.218. The van der Waals surface area contributed by atoms with Gasteiger partial charge in [0.25, 0.3) is 17.8 Å². The Morgan fingerprint density at radius 2 is 1.64 bits per heavy atom. The van der Waals surface area contributed by atoms with Crippen molar-refractivity contribution in [1.29, 1.82) is 0 Å². The SMILES string of the molecule is COc1ccc(N2CCN(CC3=[N+](CCc4ccccc4)C4C(=O)N(C)C(=O)N(C)C4=N3)CC2)cc1. The van der Waals surface area contributed by atoms with Crippen LogP contribution in [0.2, 0.25) is 0 Å². The van der Waals surface area contributed by atoms with Crippen molar-refractivity contribution in [3.05, 3.63) is 60.2 Å². The van der Waals surface area contributed by atoms with Gasteiger partial charge in [-0.2, -0.15) is 0 Å². The zero-order valence-corrected chi connectivity index (χ0v) is 21.1. The standard InChI is InChI=1S/C27H33N6O3/c1-29-25-24(26(34)30(2)27(29)35)33(14-13-20-7-5-4-6-8-20)23(28-25)19-31-15-17-32(18-16-31)21-9-11-22(36-3)12-10-21/h4-12,24H,13-19H2,1-3H3/q+1. The second kappa shape index (κ2) is 10.1. The minimum atomic E-state index is -0.558. The molecule has 9 heteroatoms. The number of amidine groups is 2. The Bertz CT molecular complexity index is 1190. The number of benzene rings is 2. The van der Waals surface area contributed by atoms with E-state index >= 15 is 0 Å². The number of carbonyl (C=O) groups is 2. The van der Waals surface area contributed by atoms with Crippen LogP contribution >= 0.6 is 0 Å². The van der Waals surface area contributed by atoms with E-state index in [4.69, 9.17) is 9.73 Å². The van der Waals surface area contributed by atoms with Crippen molar-refractivity contribution in [3.63, 3.8) is 0 Å². The van der Waals surface area contributed by atoms with Gasteiger partial charge < -0.3 is 9.64 Å². The number of urea groups is 1. The first kappa shape index (κ1) is 24.0. The zero-order valence-electron chi connectivity index (χ0n) is 21.1. The molecule has 0 bridgehead atoms. The van der Waals surface area contributed by atoms with E-state index in [-0.39, 0.29) is 11.9 Å². The lowest BCUT2D eigenvalue weighted by Gasteiger charge is -2.35. The number of carbonyl (C=O) groups excluding carboxylic acids is 2. The van der Waals surface area contributed by atoms with Crippen molar-refractivity contribution >= 4 is 29.3 Å². The molecule has 3 amide bonds. The maximum Gasteiger partial charge on any atom is 0.333 e. The van der Waals surface area contributed by atoms with Crippen LogP contribution in [0.5, 0.6) is 5.75 Å². The molecule has 0 N–H and O–H groups in total. The van der Waals surface area contributed by atoms with Crippen LogP contribution in [0.3, 0.4) is 0 Å². The highest BCUT2D eigenvalue weighted by molar-refractivity contribution is 6.23. The van der Waals surface area contributed by atoms with Crippen LogP contribution in [0.25, 0.3) is 0 Å². The first-order valence-corrected chi connectivity index (χ1v) is 12.4. The Balaban J connectivity index is 1.33. The van der Waals surface area contributed by atoms with Crippen molar-refractivity contribution in [2.24, 2.45) is 4.99 Å². The molecule has 2 aromatic carbocycles. The first-order valence-electron chi connectivity index (χ1n) is 12.4. The number of likely N-dealkylation sites (N-methyl/N-ethyl adjacent to an activating group) is 2. The number of fused-ring (bicyclic) bond motifs is 1. The molecule has 9 nitrogen and oxygen atoms in total. The van der Waals surface area contributed by atoms with Gasteiger partial charge in [0.1, 0.15) is 12.3 Å². The Kier molecular flexibility index (Phi) is 6.73. The third kappa shape index (κ3) is 4.58. The van der Waals surface area contributed by atoms with Gasteiger partial charge >= 0.3 is 11.9 Å². The fourth-order valence-corrected chi connectivity index (χ4v) is 5.08. The molecule has 0 saturated carbocycles. The van der Waals surface area contributed by atoms with Gasteiger partial charge in [-0.25, -0.2) is 9.37 Å². The number of anilines is 1. The average molecular weight is 490 g/mol. The summed E-state index contributed by atoms with van der Waals surface area (Å²) in [6.07, 6.45) is 0.795. The predicted molar refractivity (Wildman–Crippen MR) is 139 cm³/mol. The fourth-order valence-electron chi connectivity index (χ4n) is 5.08. The highest BCUT2D eigenvalue weighted by Gasteiger charge is 2.53. The number of nitrogens with zero attached hydrogens (tertiary/aromatic N) is 6. The van der Waals surface area contributed by atoms with Gasteiger partial charge in [0, 0.05) is 52.4 Å². The predicted octanol–water partition coefficient (Wildman–Crippen LogP) is 1.78. The number of methoxy groups -OCH3 is 1. The second-order valence-corrected chi connectivity index (χ2v) is 9.42. The maximum atomic E-state index is 13.2. The summed E-state index contributed by atoms with van der Waals surface area (Å²) < 4.78 is 7.37. The quantitative estimate of drug-likeness (QED) is 0.555. The summed E-state index contributed by atoms with van der Waals surface area (Å²) in [7, 11) is 4.92. The molecule has 2 aromatic rings. The van der Waals surface area contributed by atoms with Crippen LogP contribution in [-0.4, -0.2) is 109 Å². The molecule has 2 fully saturated rings. The molecule has 0 spiro atoms. The highest BCUT2D eigenvalue weighted by Crippen LogP contribution is 2.22. The van der Waals surface area contributed by atoms with Crippen molar-refractivity contribution in [3.8, 4) is 5.75 Å². The molecular formula is C27H33N6O3+. The Morgan fingerprint density at radius 3 is 2.31 bits per heavy atom. The Morgan fingerprint density at radius 1 is 0.944 bits per heavy atom. The van der Waals surface area contributed by atoms with Gasteiger partial charge in [0.05, 0.1) is 13.7 Å². The van der Waals surface area contributed by atoms with Crippen LogP contribution in [-0.2, 0) is 11.2 Å². The van der Waals surface area contributed by atoms with Crippen LogP contribution in [0.15, 0.2) is 59.6 Å². The monoisotopic (exact) mass is 489 g/mol. The van der Waals surface area contributed by atoms with Gasteiger partial charge in [-0.1, -0.05) is 30.3 Å². The topological polar surface area (TPSA) is 71.7 Å². The van der Waals surface area contributed by atoms with Gasteiger partial charge in [-0.05, 0) is 34.8 Å². The van der Waals surface area contributed by atoms with E-state index in [1.54, 1.807) is 21.2 Å². The first-order chi connectivity index (χ1) is 17.5. The number of imide groups is 1. The summed E-state index contributed by atoms with van der Waals surface area (Å²) in [5, 5.41) is 0. The second-order valence-electron chi connectivity index (χ2n) is 9.42. The van der Waals surface area contributed by atoms with E-state index in [0.29, 0.717) is 18.9 Å². The van der Waals surface area contributed by atoms with Crippen LogP contribution in [0.4, 0.5) is 10.5 Å². The van der Waals surface area contributed by atoms with Crippen LogP contribution in [0.1, 0.15) is 5.56 Å². The zero-order chi connectivity index (χ0) is 25.2. The van der Waals surface area contributed by atoms with E-state index in [1.807, 2.05) is 30.3 Å². The molecule has 1 unspecified atom stereocenters. The molecule has 3 heterocycles. The summed E-state index contributed by atoms with van der Waals surface area (Å²) in [5.41, 5.74) is 2.40. The normalized spacial score (nSPS) is 20.7. The fraction of sp³-hybridized carbons (Fsp3) is 0.407. The number of hydrogen-bond donors (Lipinski definition) is 0. The lowest BCUT2D eigenvalue weighted by atomic mass is 10.1. The summed E-state index contributed by atoms with van der Waals surface area (Å²) in [6.45, 7) is 4.89. The number of aliphatic imine (C=N–C) groups is 1. The maximum absolute atomic E-state index is 13.2. The molecule has 0 radical (unpaired) electrons. The molecule has 0 aliphatic carbocycles. The van der Waals surface area contributed by atoms with Gasteiger partial charge in [-0.15, -0.1) is 0 Å². The average Bonchev–Trinajstić information content (AvgIpc) is 3.28. The number of piperazine rings is 1. The summed E-state index contributed by atoms with van der Waals surface area (Å²) in [6, 6.07) is 17.5. The molecule has 36 heavy (non-hydrogen) atoms. The van der Waals surface area contributed by atoms with E-state index in [2.05, 4.69) is 38.6 Å². The number of ether oxygens (including phenoxy) is 1. The minimum Gasteiger partial charge on any atom is -0.497 e. The summed E-state index contributed by atoms with van der Waals surface area (Å²) in [5.74, 6) is 2.02. The Labute approximate surface area is 211 Å². The van der Waals surface area contributed by atoms with Gasteiger partial charge in [-0.3, -0.25) is 19.5 Å². The lowest BCUT2D eigenvalue weighted by Crippen LogP contribution is -2.61. The summed E-state index contributed by atoms with van der Waals surface area (Å²) in [4.78, 5) is 38.1. The number of amides is 3. The van der Waals surface area contributed by atoms with E-state index in [9.17, 15) is 9.59 Å². The highest BCUT2D eigenvalue weighted by atomic mass is 16.5. The number of rotatable bonds is 7. The molecule has 188 valence electrons. The molecule has 3 aliphatic rings. The molecular weight excluding hydrogens is 456 g/mol. The van der Waals surface area contributed by atoms with Gasteiger partial charge in [0.2, 0.25) is 0 Å². The van der Waals surface area contributed by atoms with E-state index < -0.39 is 6.04 Å².